The number of hydrogen-bond acceptors (Lipinski definition) is 8. The van der Waals surface area contributed by atoms with Crippen molar-refractivity contribution in [1.29, 1.82) is 5.26 Å². The number of ether oxygens (including phenoxy) is 2. The molecule has 4 aromatic rings. The lowest BCUT2D eigenvalue weighted by Gasteiger charge is -2.26. The summed E-state index contributed by atoms with van der Waals surface area (Å²) in [6.07, 6.45) is 0. The van der Waals surface area contributed by atoms with Crippen LogP contribution in [-0.4, -0.2) is 10.9 Å². The molecule has 0 saturated carbocycles. The highest BCUT2D eigenvalue weighted by molar-refractivity contribution is 5.96. The van der Waals surface area contributed by atoms with Crippen LogP contribution in [0.25, 0.3) is 11.0 Å². The maximum absolute atomic E-state index is 13.6. The number of non-ortho nitro benzene ring substituents is 1. The number of benzene rings is 3. The van der Waals surface area contributed by atoms with Crippen LogP contribution in [-0.2, 0) is 0 Å². The van der Waals surface area contributed by atoms with Crippen LogP contribution in [0.2, 0.25) is 0 Å². The van der Waals surface area contributed by atoms with Gasteiger partial charge >= 0.3 is 5.97 Å². The summed E-state index contributed by atoms with van der Waals surface area (Å²) in [5.74, 6) is -1.70. The van der Waals surface area contributed by atoms with Gasteiger partial charge in [-0.05, 0) is 36.8 Å². The molecule has 10 heteroatoms. The van der Waals surface area contributed by atoms with E-state index in [-0.39, 0.29) is 34.4 Å². The van der Waals surface area contributed by atoms with Crippen LogP contribution >= 0.6 is 0 Å². The van der Waals surface area contributed by atoms with Gasteiger partial charge in [-0.15, -0.1) is 0 Å². The first-order chi connectivity index (χ1) is 17.3. The zero-order valence-electron chi connectivity index (χ0n) is 18.7. The summed E-state index contributed by atoms with van der Waals surface area (Å²) in [7, 11) is 0. The van der Waals surface area contributed by atoms with Crippen molar-refractivity contribution in [3.63, 3.8) is 0 Å². The number of halogens is 1. The van der Waals surface area contributed by atoms with E-state index in [9.17, 15) is 24.6 Å². The number of furan rings is 1. The Labute approximate surface area is 202 Å². The molecule has 0 radical (unpaired) electrons. The largest absolute Gasteiger partial charge is 0.449 e. The van der Waals surface area contributed by atoms with Crippen LogP contribution in [0.5, 0.6) is 11.5 Å². The maximum atomic E-state index is 13.6. The molecule has 0 amide bonds. The number of nitro groups is 1. The van der Waals surface area contributed by atoms with Crippen LogP contribution < -0.4 is 15.2 Å². The van der Waals surface area contributed by atoms with Crippen LogP contribution in [0.3, 0.4) is 0 Å². The zero-order chi connectivity index (χ0) is 25.6. The second kappa shape index (κ2) is 8.56. The molecule has 5 rings (SSSR count). The molecule has 178 valence electrons. The van der Waals surface area contributed by atoms with Crippen LogP contribution in [0.15, 0.2) is 76.5 Å². The minimum absolute atomic E-state index is 0.0656. The SMILES string of the molecule is Cc1c(C(=O)Oc2ccc3c(c2)OC(N)=C(C#N)C3c2ccc([N+](=O)[O-])cc2)oc2ccc(F)cc12. The quantitative estimate of drug-likeness (QED) is 0.179. The Balaban J connectivity index is 1.48. The molecule has 0 saturated heterocycles. The van der Waals surface area contributed by atoms with E-state index < -0.39 is 22.6 Å². The highest BCUT2D eigenvalue weighted by Crippen LogP contribution is 2.43. The molecule has 3 aromatic carbocycles. The van der Waals surface area contributed by atoms with Crippen LogP contribution in [0.1, 0.15) is 33.2 Å². The molecule has 0 fully saturated rings. The number of carbonyl (C=O) groups excluding carboxylic acids is 1. The Bertz CT molecular complexity index is 1630. The van der Waals surface area contributed by atoms with Crippen molar-refractivity contribution in [3.05, 3.63) is 111 Å². The molecule has 0 aliphatic carbocycles. The van der Waals surface area contributed by atoms with Crippen molar-refractivity contribution < 1.29 is 28.0 Å². The lowest BCUT2D eigenvalue weighted by Crippen LogP contribution is -2.21. The van der Waals surface area contributed by atoms with Crippen molar-refractivity contribution in [2.45, 2.75) is 12.8 Å². The van der Waals surface area contributed by atoms with Crippen LogP contribution in [0.4, 0.5) is 10.1 Å². The highest BCUT2D eigenvalue weighted by atomic mass is 19.1. The van der Waals surface area contributed by atoms with Gasteiger partial charge < -0.3 is 19.6 Å². The van der Waals surface area contributed by atoms with Crippen LogP contribution in [0, 0.1) is 34.2 Å². The van der Waals surface area contributed by atoms with Crippen molar-refractivity contribution in [1.82, 2.24) is 0 Å². The van der Waals surface area contributed by atoms with Gasteiger partial charge in [-0.3, -0.25) is 10.1 Å². The summed E-state index contributed by atoms with van der Waals surface area (Å²) in [5, 5.41) is 21.2. The first kappa shape index (κ1) is 22.6. The Kier molecular flexibility index (Phi) is 5.37. The molecule has 0 bridgehead atoms. The summed E-state index contributed by atoms with van der Waals surface area (Å²) in [6, 6.07) is 16.3. The van der Waals surface area contributed by atoms with Gasteiger partial charge in [0.2, 0.25) is 11.6 Å². The Morgan fingerprint density at radius 2 is 1.92 bits per heavy atom. The van der Waals surface area contributed by atoms with Gasteiger partial charge in [-0.1, -0.05) is 18.2 Å². The normalized spacial score (nSPS) is 14.6. The first-order valence-corrected chi connectivity index (χ1v) is 10.6. The van der Waals surface area contributed by atoms with Gasteiger partial charge in [0.15, 0.2) is 0 Å². The molecule has 0 spiro atoms. The average Bonchev–Trinajstić information content (AvgIpc) is 3.19. The summed E-state index contributed by atoms with van der Waals surface area (Å²) in [4.78, 5) is 23.3. The number of carbonyl (C=O) groups is 1. The van der Waals surface area contributed by atoms with Gasteiger partial charge in [0.05, 0.1) is 10.8 Å². The lowest BCUT2D eigenvalue weighted by atomic mass is 9.83. The summed E-state index contributed by atoms with van der Waals surface area (Å²) in [6.45, 7) is 1.63. The summed E-state index contributed by atoms with van der Waals surface area (Å²) >= 11 is 0. The highest BCUT2D eigenvalue weighted by Gasteiger charge is 2.31. The third-order valence-corrected chi connectivity index (χ3v) is 5.92. The summed E-state index contributed by atoms with van der Waals surface area (Å²) < 4.78 is 30.3. The molecule has 1 atom stereocenters. The maximum Gasteiger partial charge on any atom is 0.379 e. The molecule has 2 heterocycles. The second-order valence-corrected chi connectivity index (χ2v) is 8.06. The minimum Gasteiger partial charge on any atom is -0.449 e. The van der Waals surface area contributed by atoms with Crippen molar-refractivity contribution in [3.8, 4) is 17.6 Å². The monoisotopic (exact) mass is 485 g/mol. The number of nitrogens with zero attached hydrogens (tertiary/aromatic N) is 2. The van der Waals surface area contributed by atoms with E-state index in [0.717, 1.165) is 0 Å². The number of hydrogen-bond donors (Lipinski definition) is 1. The van der Waals surface area contributed by atoms with E-state index in [2.05, 4.69) is 0 Å². The first-order valence-electron chi connectivity index (χ1n) is 10.6. The van der Waals surface area contributed by atoms with Crippen molar-refractivity contribution in [2.75, 3.05) is 0 Å². The van der Waals surface area contributed by atoms with Crippen molar-refractivity contribution in [2.24, 2.45) is 5.73 Å². The van der Waals surface area contributed by atoms with Gasteiger partial charge in [-0.25, -0.2) is 9.18 Å². The van der Waals surface area contributed by atoms with Gasteiger partial charge in [-0.2, -0.15) is 5.26 Å². The van der Waals surface area contributed by atoms with E-state index in [1.165, 1.54) is 42.5 Å². The standard InChI is InChI=1S/C26H16FN3O6/c1-13-19-10-15(27)4-9-21(19)35-24(13)26(31)34-17-7-8-18-22(11-17)36-25(29)20(12-28)23(18)14-2-5-16(6-3-14)30(32)33/h2-11,23H,29H2,1H3. The molecule has 9 nitrogen and oxygen atoms in total. The fourth-order valence-electron chi connectivity index (χ4n) is 4.17. The second-order valence-electron chi connectivity index (χ2n) is 8.06. The fraction of sp³-hybridized carbons (Fsp3) is 0.0769. The third-order valence-electron chi connectivity index (χ3n) is 5.92. The Morgan fingerprint density at radius 3 is 2.61 bits per heavy atom. The number of rotatable bonds is 4. The number of esters is 1. The number of nitrogens with two attached hydrogens (primary N) is 1. The fourth-order valence-corrected chi connectivity index (χ4v) is 4.17. The van der Waals surface area contributed by atoms with E-state index in [1.807, 2.05) is 6.07 Å². The lowest BCUT2D eigenvalue weighted by molar-refractivity contribution is -0.384. The van der Waals surface area contributed by atoms with Gasteiger partial charge in [0.1, 0.15) is 34.5 Å². The Hall–Kier alpha value is -5.17. The average molecular weight is 485 g/mol. The van der Waals surface area contributed by atoms with E-state index in [1.54, 1.807) is 25.1 Å². The smallest absolute Gasteiger partial charge is 0.379 e. The topological polar surface area (TPSA) is 142 Å². The zero-order valence-corrected chi connectivity index (χ0v) is 18.7. The van der Waals surface area contributed by atoms with E-state index in [4.69, 9.17) is 19.6 Å². The number of allylic oxidation sites excluding steroid dienone is 1. The predicted molar refractivity (Wildman–Crippen MR) is 125 cm³/mol. The molecule has 1 aromatic heterocycles. The molecule has 1 unspecified atom stereocenters. The molecule has 1 aliphatic rings. The minimum atomic E-state index is -0.784. The molecule has 2 N–H and O–H groups in total. The number of nitriles is 1. The van der Waals surface area contributed by atoms with E-state index in [0.29, 0.717) is 27.7 Å². The van der Waals surface area contributed by atoms with Crippen molar-refractivity contribution >= 4 is 22.6 Å². The number of fused-ring (bicyclic) bond motifs is 2. The van der Waals surface area contributed by atoms with Gasteiger partial charge in [0.25, 0.3) is 5.69 Å². The number of aryl methyl sites for hydroxylation is 1. The third kappa shape index (κ3) is 3.78. The molecular weight excluding hydrogens is 469 g/mol. The number of nitro benzene ring substituents is 1. The predicted octanol–water partition coefficient (Wildman–Crippen LogP) is 5.23. The Morgan fingerprint density at radius 1 is 1.17 bits per heavy atom. The summed E-state index contributed by atoms with van der Waals surface area (Å²) in [5.41, 5.74) is 8.00. The molecular formula is C26H16FN3O6. The van der Waals surface area contributed by atoms with Gasteiger partial charge in [0, 0.05) is 34.7 Å². The van der Waals surface area contributed by atoms with E-state index >= 15 is 0 Å². The molecule has 36 heavy (non-hydrogen) atoms. The molecule has 1 aliphatic heterocycles.